The minimum absolute atomic E-state index is 0.0537. The van der Waals surface area contributed by atoms with Gasteiger partial charge in [0.25, 0.3) is 0 Å². The molecule has 0 radical (unpaired) electrons. The zero-order chi connectivity index (χ0) is 27.0. The summed E-state index contributed by atoms with van der Waals surface area (Å²) in [5, 5.41) is 12.6. The summed E-state index contributed by atoms with van der Waals surface area (Å²) in [5.74, 6) is 0.840. The van der Waals surface area contributed by atoms with Crippen LogP contribution < -0.4 is 10.1 Å². The van der Waals surface area contributed by atoms with Crippen LogP contribution in [0.5, 0.6) is 6.01 Å². The maximum absolute atomic E-state index is 13.1. The molecular formula is C27H26F3N5O3. The van der Waals surface area contributed by atoms with Crippen LogP contribution in [0.25, 0.3) is 22.3 Å². The number of carbonyl (C=O) groups is 1. The molecule has 1 atom stereocenters. The van der Waals surface area contributed by atoms with E-state index in [9.17, 15) is 23.1 Å². The summed E-state index contributed by atoms with van der Waals surface area (Å²) >= 11 is 0. The van der Waals surface area contributed by atoms with Crippen molar-refractivity contribution in [3.8, 4) is 17.3 Å². The lowest BCUT2D eigenvalue weighted by Crippen LogP contribution is -2.31. The molecule has 0 bridgehead atoms. The molecule has 3 heterocycles. The highest BCUT2D eigenvalue weighted by molar-refractivity contribution is 5.92. The van der Waals surface area contributed by atoms with E-state index in [4.69, 9.17) is 4.74 Å². The molecule has 0 amide bonds. The van der Waals surface area contributed by atoms with Crippen molar-refractivity contribution in [2.24, 2.45) is 5.92 Å². The number of anilines is 1. The Hall–Kier alpha value is -4.15. The standard InChI is InChI=1S/C27H26F3N5O3/c1-15-5-3-8-19(11-15)21-12-20-23(35(21)14-17-9-10-22(31-13-17)27(28,29)30)24(32-16(2)18-6-4-7-18)34-25(33-20)38-26(36)37/h3,5,8-13,16,18H,4,6-7,14H2,1-2H3,(H,36,37)(H,32,33,34)/t16-/m1/s1. The van der Waals surface area contributed by atoms with E-state index in [1.807, 2.05) is 42.7 Å². The number of pyridine rings is 1. The Labute approximate surface area is 216 Å². The number of benzene rings is 1. The fraction of sp³-hybridized carbons (Fsp3) is 0.333. The minimum Gasteiger partial charge on any atom is -0.449 e. The molecule has 1 saturated carbocycles. The maximum atomic E-state index is 13.1. The third kappa shape index (κ3) is 5.27. The molecule has 8 nitrogen and oxygen atoms in total. The smallest absolute Gasteiger partial charge is 0.449 e. The highest BCUT2D eigenvalue weighted by atomic mass is 19.4. The molecule has 2 N–H and O–H groups in total. The van der Waals surface area contributed by atoms with Gasteiger partial charge in [-0.15, -0.1) is 0 Å². The summed E-state index contributed by atoms with van der Waals surface area (Å²) in [6.07, 6.45) is -1.55. The first-order chi connectivity index (χ1) is 18.1. The quantitative estimate of drug-likeness (QED) is 0.265. The average molecular weight is 526 g/mol. The van der Waals surface area contributed by atoms with Crippen molar-refractivity contribution in [2.45, 2.75) is 51.9 Å². The summed E-state index contributed by atoms with van der Waals surface area (Å²) in [7, 11) is 0. The molecule has 1 aromatic carbocycles. The van der Waals surface area contributed by atoms with Gasteiger partial charge in [0, 0.05) is 18.8 Å². The summed E-state index contributed by atoms with van der Waals surface area (Å²) in [6.45, 7) is 4.19. The van der Waals surface area contributed by atoms with E-state index in [-0.39, 0.29) is 18.6 Å². The van der Waals surface area contributed by atoms with Gasteiger partial charge >= 0.3 is 18.3 Å². The highest BCUT2D eigenvalue weighted by Crippen LogP contribution is 2.36. The number of ether oxygens (including phenoxy) is 1. The number of aromatic nitrogens is 4. The molecule has 0 spiro atoms. The van der Waals surface area contributed by atoms with E-state index >= 15 is 0 Å². The van der Waals surface area contributed by atoms with Crippen LogP contribution in [-0.4, -0.2) is 36.8 Å². The number of alkyl halides is 3. The van der Waals surface area contributed by atoms with Crippen molar-refractivity contribution in [1.29, 1.82) is 0 Å². The zero-order valence-corrected chi connectivity index (χ0v) is 20.8. The lowest BCUT2D eigenvalue weighted by Gasteiger charge is -2.32. The predicted molar refractivity (Wildman–Crippen MR) is 135 cm³/mol. The van der Waals surface area contributed by atoms with Crippen molar-refractivity contribution in [3.63, 3.8) is 0 Å². The van der Waals surface area contributed by atoms with Gasteiger partial charge in [0.2, 0.25) is 0 Å². The van der Waals surface area contributed by atoms with E-state index in [0.717, 1.165) is 42.1 Å². The molecule has 1 aliphatic rings. The van der Waals surface area contributed by atoms with Crippen LogP contribution in [0.15, 0.2) is 48.7 Å². The van der Waals surface area contributed by atoms with Crippen molar-refractivity contribution < 1.29 is 27.8 Å². The second-order valence-corrected chi connectivity index (χ2v) is 9.62. The van der Waals surface area contributed by atoms with Crippen molar-refractivity contribution in [3.05, 3.63) is 65.5 Å². The van der Waals surface area contributed by atoms with E-state index < -0.39 is 18.0 Å². The number of aryl methyl sites for hydroxylation is 1. The van der Waals surface area contributed by atoms with Gasteiger partial charge in [0.15, 0.2) is 5.82 Å². The van der Waals surface area contributed by atoms with E-state index in [0.29, 0.717) is 28.3 Å². The summed E-state index contributed by atoms with van der Waals surface area (Å²) in [5.41, 5.74) is 3.24. The molecule has 38 heavy (non-hydrogen) atoms. The number of halogens is 3. The summed E-state index contributed by atoms with van der Waals surface area (Å²) in [6, 6.07) is 11.7. The van der Waals surface area contributed by atoms with Gasteiger partial charge in [-0.2, -0.15) is 23.1 Å². The van der Waals surface area contributed by atoms with Crippen molar-refractivity contribution in [1.82, 2.24) is 19.5 Å². The molecule has 0 aliphatic heterocycles. The van der Waals surface area contributed by atoms with Gasteiger partial charge in [0.1, 0.15) is 11.2 Å². The average Bonchev–Trinajstić information content (AvgIpc) is 3.15. The normalized spacial score (nSPS) is 14.8. The Balaban J connectivity index is 1.67. The Morgan fingerprint density at radius 3 is 2.61 bits per heavy atom. The Morgan fingerprint density at radius 1 is 1.21 bits per heavy atom. The number of hydrogen-bond acceptors (Lipinski definition) is 6. The lowest BCUT2D eigenvalue weighted by molar-refractivity contribution is -0.141. The van der Waals surface area contributed by atoms with E-state index in [1.54, 1.807) is 6.07 Å². The molecule has 3 aromatic heterocycles. The Bertz CT molecular complexity index is 1480. The second-order valence-electron chi connectivity index (χ2n) is 9.62. The molecule has 0 unspecified atom stereocenters. The van der Waals surface area contributed by atoms with Gasteiger partial charge < -0.3 is 19.7 Å². The molecule has 0 saturated heterocycles. The minimum atomic E-state index is -4.53. The molecule has 1 aliphatic carbocycles. The van der Waals surface area contributed by atoms with Crippen LogP contribution in [0.4, 0.5) is 23.8 Å². The van der Waals surface area contributed by atoms with Crippen LogP contribution in [0.2, 0.25) is 0 Å². The van der Waals surface area contributed by atoms with Crippen LogP contribution in [0.1, 0.15) is 43.0 Å². The first-order valence-electron chi connectivity index (χ1n) is 12.3. The van der Waals surface area contributed by atoms with Gasteiger partial charge in [-0.05, 0) is 61.9 Å². The number of hydrogen-bond donors (Lipinski definition) is 2. The molecule has 1 fully saturated rings. The molecule has 11 heteroatoms. The number of fused-ring (bicyclic) bond motifs is 1. The van der Waals surface area contributed by atoms with Gasteiger partial charge in [0.05, 0.1) is 11.2 Å². The fourth-order valence-corrected chi connectivity index (χ4v) is 4.72. The highest BCUT2D eigenvalue weighted by Gasteiger charge is 2.32. The summed E-state index contributed by atoms with van der Waals surface area (Å²) < 4.78 is 46.0. The third-order valence-electron chi connectivity index (χ3n) is 6.89. The first kappa shape index (κ1) is 25.5. The SMILES string of the molecule is Cc1cccc(-c2cc3nc(OC(=O)O)nc(N[C@H](C)C4CCC4)c3n2Cc2ccc(C(F)(F)F)nc2)c1. The van der Waals surface area contributed by atoms with Crippen LogP contribution in [0.3, 0.4) is 0 Å². The van der Waals surface area contributed by atoms with Crippen LogP contribution >= 0.6 is 0 Å². The molecular weight excluding hydrogens is 499 g/mol. The van der Waals surface area contributed by atoms with Gasteiger partial charge in [-0.25, -0.2) is 4.79 Å². The van der Waals surface area contributed by atoms with Crippen LogP contribution in [-0.2, 0) is 12.7 Å². The second kappa shape index (κ2) is 9.96. The third-order valence-corrected chi connectivity index (χ3v) is 6.89. The van der Waals surface area contributed by atoms with Crippen molar-refractivity contribution >= 4 is 23.0 Å². The number of carboxylic acid groups (broad SMARTS) is 1. The predicted octanol–water partition coefficient (Wildman–Crippen LogP) is 6.53. The monoisotopic (exact) mass is 525 g/mol. The number of rotatable bonds is 7. The fourth-order valence-electron chi connectivity index (χ4n) is 4.72. The van der Waals surface area contributed by atoms with Gasteiger partial charge in [-0.3, -0.25) is 4.98 Å². The molecule has 4 aromatic rings. The Kier molecular flexibility index (Phi) is 6.68. The molecule has 198 valence electrons. The summed E-state index contributed by atoms with van der Waals surface area (Å²) in [4.78, 5) is 23.6. The van der Waals surface area contributed by atoms with E-state index in [1.165, 1.54) is 12.3 Å². The van der Waals surface area contributed by atoms with E-state index in [2.05, 4.69) is 20.3 Å². The van der Waals surface area contributed by atoms with Gasteiger partial charge in [-0.1, -0.05) is 36.2 Å². The molecule has 5 rings (SSSR count). The Morgan fingerprint density at radius 2 is 2.00 bits per heavy atom. The van der Waals surface area contributed by atoms with Crippen LogP contribution in [0, 0.1) is 12.8 Å². The lowest BCUT2D eigenvalue weighted by atomic mass is 9.80. The largest absolute Gasteiger partial charge is 0.513 e. The number of nitrogens with one attached hydrogen (secondary N) is 1. The van der Waals surface area contributed by atoms with Crippen molar-refractivity contribution in [2.75, 3.05) is 5.32 Å². The zero-order valence-electron chi connectivity index (χ0n) is 20.8. The maximum Gasteiger partial charge on any atom is 0.513 e. The first-order valence-corrected chi connectivity index (χ1v) is 12.3. The topological polar surface area (TPSA) is 102 Å². The number of nitrogens with zero attached hydrogens (tertiary/aromatic N) is 4.